The molecule has 0 atom stereocenters. The predicted molar refractivity (Wildman–Crippen MR) is 132 cm³/mol. The summed E-state index contributed by atoms with van der Waals surface area (Å²) in [6, 6.07) is 27.7. The van der Waals surface area contributed by atoms with E-state index < -0.39 is 0 Å². The molecule has 30 heavy (non-hydrogen) atoms. The molecule has 0 spiro atoms. The lowest BCUT2D eigenvalue weighted by atomic mass is 10.2. The smallest absolute Gasteiger partial charge is 0.293 e. The second kappa shape index (κ2) is 8.47. The Morgan fingerprint density at radius 1 is 0.667 bits per heavy atom. The summed E-state index contributed by atoms with van der Waals surface area (Å²) in [6.07, 6.45) is 0. The van der Waals surface area contributed by atoms with Gasteiger partial charge in [0, 0.05) is 27.4 Å². The third-order valence-corrected chi connectivity index (χ3v) is 9.53. The normalized spacial score (nSPS) is 16.4. The van der Waals surface area contributed by atoms with Gasteiger partial charge in [-0.1, -0.05) is 89.3 Å². The first-order valence-corrected chi connectivity index (χ1v) is 12.4. The molecule has 0 radical (unpaired) electrons. The Morgan fingerprint density at radius 3 is 1.93 bits per heavy atom. The molecule has 0 amide bonds. The van der Waals surface area contributed by atoms with Crippen LogP contribution in [0.3, 0.4) is 0 Å². The van der Waals surface area contributed by atoms with E-state index in [0.717, 1.165) is 39.8 Å². The number of thioether (sulfide) groups is 3. The maximum absolute atomic E-state index is 12.5. The molecule has 0 aromatic heterocycles. The molecule has 146 valence electrons. The molecular weight excluding hydrogens is 449 g/mol. The largest absolute Gasteiger partial charge is 0.867 e. The minimum absolute atomic E-state index is 0.0919. The van der Waals surface area contributed by atoms with E-state index in [1.54, 1.807) is 0 Å². The molecule has 0 aliphatic carbocycles. The zero-order valence-electron chi connectivity index (χ0n) is 15.5. The van der Waals surface area contributed by atoms with Gasteiger partial charge in [-0.15, -0.1) is 0 Å². The van der Waals surface area contributed by atoms with E-state index in [0.29, 0.717) is 0 Å². The number of hydrogen-bond acceptors (Lipinski definition) is 5. The molecule has 3 aromatic carbocycles. The Kier molecular flexibility index (Phi) is 5.56. The monoisotopic (exact) mass is 462 g/mol. The molecule has 2 aliphatic rings. The molecule has 2 nitrogen and oxygen atoms in total. The Hall–Kier alpha value is -2.25. The molecule has 2 aliphatic heterocycles. The summed E-state index contributed by atoms with van der Waals surface area (Å²) in [5, 5.41) is 14.7. The van der Waals surface area contributed by atoms with Gasteiger partial charge in [0.2, 0.25) is 11.4 Å². The quantitative estimate of drug-likeness (QED) is 0.430. The third-order valence-electron chi connectivity index (χ3n) is 4.56. The first-order chi connectivity index (χ1) is 14.7. The number of carbonyl (C=O) groups excluding carboxylic acids is 1. The fourth-order valence-electron chi connectivity index (χ4n) is 3.08. The molecule has 0 N–H and O–H groups in total. The summed E-state index contributed by atoms with van der Waals surface area (Å²) >= 11 is 5.64. The highest BCUT2D eigenvalue weighted by molar-refractivity contribution is 8.38. The van der Waals surface area contributed by atoms with Gasteiger partial charge in [-0.3, -0.25) is 4.79 Å². The number of benzene rings is 3. The average Bonchev–Trinajstić information content (AvgIpc) is 3.38. The summed E-state index contributed by atoms with van der Waals surface area (Å²) < 4.78 is 1.99. The molecule has 0 unspecified atom stereocenters. The zero-order valence-corrected chi connectivity index (χ0v) is 18.8. The van der Waals surface area contributed by atoms with Crippen LogP contribution in [0.4, 0.5) is 0 Å². The fourth-order valence-corrected chi connectivity index (χ4v) is 7.69. The average molecular weight is 463 g/mol. The molecule has 2 heterocycles. The van der Waals surface area contributed by atoms with Gasteiger partial charge in [-0.25, -0.2) is 0 Å². The van der Waals surface area contributed by atoms with Crippen molar-refractivity contribution in [3.05, 3.63) is 112 Å². The van der Waals surface area contributed by atoms with E-state index in [4.69, 9.17) is 0 Å². The van der Waals surface area contributed by atoms with Crippen molar-refractivity contribution in [2.75, 3.05) is 0 Å². The highest BCUT2D eigenvalue weighted by atomic mass is 32.2. The summed E-state index contributed by atoms with van der Waals surface area (Å²) in [7, 11) is 0. The molecule has 0 saturated heterocycles. The van der Waals surface area contributed by atoms with Crippen molar-refractivity contribution in [2.45, 2.75) is 0 Å². The summed E-state index contributed by atoms with van der Waals surface area (Å²) in [5.74, 6) is 0. The maximum atomic E-state index is 12.5. The number of rotatable bonds is 2. The summed E-state index contributed by atoms with van der Waals surface area (Å²) in [6.45, 7) is 0. The van der Waals surface area contributed by atoms with Crippen molar-refractivity contribution in [1.82, 2.24) is 0 Å². The van der Waals surface area contributed by atoms with E-state index in [-0.39, 0.29) is 10.2 Å². The molecular formula is C24H14O2S4. The second-order valence-electron chi connectivity index (χ2n) is 6.53. The summed E-state index contributed by atoms with van der Waals surface area (Å²) in [4.78, 5) is 14.0. The van der Waals surface area contributed by atoms with Crippen molar-refractivity contribution in [3.63, 3.8) is 0 Å². The van der Waals surface area contributed by atoms with Crippen molar-refractivity contribution < 1.29 is 9.90 Å². The van der Waals surface area contributed by atoms with Crippen LogP contribution in [0.1, 0.15) is 11.1 Å². The highest BCUT2D eigenvalue weighted by Crippen LogP contribution is 2.51. The highest BCUT2D eigenvalue weighted by Gasteiger charge is 2.36. The maximum Gasteiger partial charge on any atom is 0.293 e. The van der Waals surface area contributed by atoms with E-state index in [2.05, 4.69) is 0 Å². The first-order valence-electron chi connectivity index (χ1n) is 9.18. The number of carbonyl (C=O) groups is 1. The lowest BCUT2D eigenvalue weighted by Crippen LogP contribution is -2.10. The standard InChI is InChI=1S/C24H14O2S4/c25-21-19(15-7-3-1-4-8-15)27-23(29-21)17-11-13-18(14-12-17)24-28-20(22(26)30-24)16-9-5-2-6-10-16/h1-14H. The van der Waals surface area contributed by atoms with Gasteiger partial charge in [0.25, 0.3) is 14.2 Å². The van der Waals surface area contributed by atoms with E-state index in [9.17, 15) is 9.90 Å². The van der Waals surface area contributed by atoms with Crippen LogP contribution in [-0.4, -0.2) is 9.98 Å². The van der Waals surface area contributed by atoms with Gasteiger partial charge in [-0.2, -0.15) is 0 Å². The van der Waals surface area contributed by atoms with E-state index in [1.165, 1.54) is 46.6 Å². The van der Waals surface area contributed by atoms with Crippen molar-refractivity contribution in [3.8, 4) is 0 Å². The minimum Gasteiger partial charge on any atom is -0.867 e. The Bertz CT molecular complexity index is 1300. The van der Waals surface area contributed by atoms with E-state index in [1.807, 2.05) is 84.9 Å². The zero-order chi connectivity index (χ0) is 20.5. The fraction of sp³-hybridized carbons (Fsp3) is 0. The lowest BCUT2D eigenvalue weighted by molar-refractivity contribution is -0.282. The number of hydrogen-bond donors (Lipinski definition) is 0. The molecule has 0 saturated carbocycles. The van der Waals surface area contributed by atoms with Crippen LogP contribution in [0, 0.1) is 0 Å². The van der Waals surface area contributed by atoms with Gasteiger partial charge in [0.1, 0.15) is 0 Å². The topological polar surface area (TPSA) is 40.1 Å². The predicted octanol–water partition coefficient (Wildman–Crippen LogP) is 3.56. The van der Waals surface area contributed by atoms with Crippen LogP contribution in [0.2, 0.25) is 0 Å². The Morgan fingerprint density at radius 2 is 1.27 bits per heavy atom. The third kappa shape index (κ3) is 3.88. The van der Waals surface area contributed by atoms with E-state index >= 15 is 0 Å². The molecule has 6 heteroatoms. The van der Waals surface area contributed by atoms with Crippen molar-refractivity contribution in [1.29, 1.82) is 0 Å². The van der Waals surface area contributed by atoms with Gasteiger partial charge in [-0.05, 0) is 35.0 Å². The van der Waals surface area contributed by atoms with Gasteiger partial charge >= 0.3 is 0 Å². The van der Waals surface area contributed by atoms with Crippen LogP contribution in [-0.2, 0) is 16.1 Å². The minimum atomic E-state index is 0.0919. The summed E-state index contributed by atoms with van der Waals surface area (Å²) in [5.41, 5.74) is 1.92. The van der Waals surface area contributed by atoms with Crippen molar-refractivity contribution in [2.24, 2.45) is 0 Å². The van der Waals surface area contributed by atoms with Crippen LogP contribution < -0.4 is 15.5 Å². The molecule has 0 fully saturated rings. The van der Waals surface area contributed by atoms with Crippen LogP contribution >= 0.6 is 35.3 Å². The molecule has 3 aromatic rings. The van der Waals surface area contributed by atoms with Crippen molar-refractivity contribution >= 4 is 70.0 Å². The van der Waals surface area contributed by atoms with Gasteiger partial charge in [0.15, 0.2) is 0 Å². The first kappa shape index (κ1) is 19.7. The van der Waals surface area contributed by atoms with Gasteiger partial charge in [0.05, 0.1) is 4.24 Å². The molecule has 0 bridgehead atoms. The van der Waals surface area contributed by atoms with Crippen LogP contribution in [0.25, 0.3) is 13.4 Å². The van der Waals surface area contributed by atoms with Crippen LogP contribution in [0.5, 0.6) is 0 Å². The van der Waals surface area contributed by atoms with Gasteiger partial charge < -0.3 is 5.11 Å². The SMILES string of the molecule is O=C1SC(=c2ccc(=C3SC([O-])=C(c4ccccc4)S3)cc2)[S+]=C1c1ccccc1. The Labute approximate surface area is 190 Å². The molecule has 5 rings (SSSR count). The van der Waals surface area contributed by atoms with Crippen LogP contribution in [0.15, 0.2) is 90.0 Å². The Balaban J connectivity index is 1.47. The lowest BCUT2D eigenvalue weighted by Gasteiger charge is -2.07. The second-order valence-corrected chi connectivity index (χ2v) is 11.1.